The van der Waals surface area contributed by atoms with Crippen molar-refractivity contribution < 1.29 is 83.2 Å². The zero-order chi connectivity index (χ0) is 59.6. The highest BCUT2D eigenvalue weighted by Gasteiger charge is 2.42. The molecule has 5 aliphatic heterocycles. The lowest BCUT2D eigenvalue weighted by molar-refractivity contribution is -0.143. The molecule has 22 nitrogen and oxygen atoms in total. The number of halogens is 2. The highest BCUT2D eigenvalue weighted by atomic mass is 35.5. The zero-order valence-electron chi connectivity index (χ0n) is 44.5. The molecule has 432 valence electrons. The molecule has 0 saturated carbocycles. The fourth-order valence-electron chi connectivity index (χ4n) is 10.4. The molecule has 10 rings (SSSR count). The lowest BCUT2D eigenvalue weighted by atomic mass is 9.84. The molecular weight excluding hydrogens is 1110 g/mol. The first kappa shape index (κ1) is 59.7. The number of aliphatic hydroxyl groups is 2. The number of phenolic OH excluding ortho intramolecular Hbond substituents is 3. The van der Waals surface area contributed by atoms with E-state index in [9.17, 15) is 54.6 Å². The molecule has 0 aliphatic carbocycles. The van der Waals surface area contributed by atoms with Crippen molar-refractivity contribution in [3.05, 3.63) is 117 Å². The molecule has 0 fully saturated rings. The number of carboxylic acid groups (broad SMARTS) is 1. The number of aromatic hydroxyl groups is 3. The molecule has 24 heteroatoms. The minimum Gasteiger partial charge on any atom is -0.508 e. The number of hydrogen-bond acceptors (Lipinski definition) is 16. The fraction of sp³-hybridized carbons (Fsp3) is 0.345. The monoisotopic (exact) mass is 1170 g/mol. The Labute approximate surface area is 478 Å². The van der Waals surface area contributed by atoms with Crippen LogP contribution in [0, 0.1) is 17.8 Å². The van der Waals surface area contributed by atoms with Gasteiger partial charge in [0.05, 0.1) is 28.5 Å². The normalized spacial score (nSPS) is 22.3. The maximum absolute atomic E-state index is 15.7. The Morgan fingerprint density at radius 1 is 0.720 bits per heavy atom. The van der Waals surface area contributed by atoms with Crippen LogP contribution in [-0.4, -0.2) is 96.4 Å². The maximum Gasteiger partial charge on any atom is 0.330 e. The second kappa shape index (κ2) is 24.7. The summed E-state index contributed by atoms with van der Waals surface area (Å²) in [5, 5.41) is 77.8. The van der Waals surface area contributed by atoms with E-state index in [0.717, 1.165) is 24.3 Å². The molecular formula is C58H59Cl2N5O17. The summed E-state index contributed by atoms with van der Waals surface area (Å²) in [6.45, 7) is 7.18. The summed E-state index contributed by atoms with van der Waals surface area (Å²) in [4.78, 5) is 115. The number of carboxylic acids is 1. The largest absolute Gasteiger partial charge is 0.508 e. The number of aliphatic hydroxyl groups excluding tert-OH is 2. The van der Waals surface area contributed by atoms with Gasteiger partial charge >= 0.3 is 5.97 Å². The van der Waals surface area contributed by atoms with Gasteiger partial charge in [-0.15, -0.1) is 0 Å². The Kier molecular flexibility index (Phi) is 18.0. The number of benzene rings is 5. The number of carbonyl (C=O) groups is 8. The Morgan fingerprint density at radius 2 is 1.34 bits per heavy atom. The van der Waals surface area contributed by atoms with Gasteiger partial charge in [0, 0.05) is 47.9 Å². The van der Waals surface area contributed by atoms with Crippen molar-refractivity contribution in [2.75, 3.05) is 6.61 Å². The van der Waals surface area contributed by atoms with E-state index in [-0.39, 0.29) is 79.1 Å². The van der Waals surface area contributed by atoms with Crippen molar-refractivity contribution in [3.8, 4) is 57.1 Å². The van der Waals surface area contributed by atoms with Gasteiger partial charge < -0.3 is 71.9 Å². The number of nitrogens with two attached hydrogens (primary N) is 1. The predicted octanol–water partition coefficient (Wildman–Crippen LogP) is 6.50. The number of carbonyl (C=O) groups excluding carboxylic acids is 7. The van der Waals surface area contributed by atoms with Crippen LogP contribution >= 0.6 is 23.2 Å². The van der Waals surface area contributed by atoms with Gasteiger partial charge in [0.2, 0.25) is 35.3 Å². The van der Waals surface area contributed by atoms with Gasteiger partial charge in [-0.2, -0.15) is 0 Å². The van der Waals surface area contributed by atoms with Gasteiger partial charge in [0.25, 0.3) is 0 Å². The SMILES string of the molecule is CCOc1c2cc3cc1Oc1ccc(cc1Cl)C(O)C1NC(=O)C(CC(=O)C3NC(=O)C(CC(N)=O)CC(=O)C(NC(=O)C(CC)CC(C)C)C(O)c3ccc(c(Cl)c3)O2)c2ccc(O)c(c2)-c2c(O)cc(O)cc2C(C(=O)O)NC1=O. The Morgan fingerprint density at radius 3 is 1.91 bits per heavy atom. The number of ether oxygens (including phenoxy) is 3. The lowest BCUT2D eigenvalue weighted by Gasteiger charge is -2.30. The number of primary amides is 1. The Balaban J connectivity index is 1.38. The molecule has 5 aromatic carbocycles. The van der Waals surface area contributed by atoms with Crippen LogP contribution in [0.5, 0.6) is 46.0 Å². The van der Waals surface area contributed by atoms with Crippen LogP contribution in [-0.2, 0) is 38.4 Å². The van der Waals surface area contributed by atoms with Crippen molar-refractivity contribution in [1.82, 2.24) is 21.3 Å². The van der Waals surface area contributed by atoms with Crippen molar-refractivity contribution >= 4 is 70.3 Å². The summed E-state index contributed by atoms with van der Waals surface area (Å²) in [6.07, 6.45) is -5.71. The minimum absolute atomic E-state index is 0.0361. The molecule has 5 aromatic rings. The Hall–Kier alpha value is -8.44. The number of ketones is 2. The number of Topliss-reactive ketones (excluding diaryl/α,β-unsaturated/α-hetero) is 2. The summed E-state index contributed by atoms with van der Waals surface area (Å²) < 4.78 is 19.0. The third-order valence-corrected chi connectivity index (χ3v) is 15.0. The van der Waals surface area contributed by atoms with E-state index in [2.05, 4.69) is 21.3 Å². The third-order valence-electron chi connectivity index (χ3n) is 14.4. The molecule has 0 saturated heterocycles. The Bertz CT molecular complexity index is 3410. The average molecular weight is 1170 g/mol. The quantitative estimate of drug-likeness (QED) is 0.0710. The summed E-state index contributed by atoms with van der Waals surface area (Å²) in [7, 11) is 0. The van der Waals surface area contributed by atoms with Crippen LogP contribution in [0.1, 0.15) is 118 Å². The molecule has 5 amide bonds. The van der Waals surface area contributed by atoms with Gasteiger partial charge in [-0.1, -0.05) is 62.2 Å². The van der Waals surface area contributed by atoms with Gasteiger partial charge in [-0.25, -0.2) is 4.79 Å². The van der Waals surface area contributed by atoms with Crippen LogP contribution < -0.4 is 41.2 Å². The number of aliphatic carboxylic acids is 1. The molecule has 5 heterocycles. The van der Waals surface area contributed by atoms with E-state index in [1.807, 2.05) is 13.8 Å². The van der Waals surface area contributed by atoms with Crippen molar-refractivity contribution in [3.63, 3.8) is 0 Å². The number of fused-ring (bicyclic) bond motifs is 15. The van der Waals surface area contributed by atoms with Gasteiger partial charge in [0.1, 0.15) is 59.1 Å². The van der Waals surface area contributed by atoms with Gasteiger partial charge in [0.15, 0.2) is 29.1 Å². The van der Waals surface area contributed by atoms with Crippen molar-refractivity contribution in [2.24, 2.45) is 23.5 Å². The van der Waals surface area contributed by atoms with E-state index in [1.165, 1.54) is 54.6 Å². The second-order valence-electron chi connectivity index (χ2n) is 20.6. The van der Waals surface area contributed by atoms with Crippen LogP contribution in [0.15, 0.2) is 78.9 Å². The number of hydrogen-bond donors (Lipinski definition) is 11. The standard InChI is InChI=1S/C58H59Cl2N5O17/c1-5-25(13-24(3)4)54(74)64-49-39(69)17-30(20-45(61)71)55(75)62-47-29-18-43(81-41-11-8-27(51(49)72)15-35(41)59)53(80-6-2)44(19-29)82-42-12-9-28(16-36(42)60)52(73)50-57(77)63-48(58(78)79)34-21-31(66)22-38(68)46(34)33-14-26(7-10-37(33)67)32(23-40(47)70)56(76)65-50/h7-12,14-16,18-19,21-22,24-25,30,32,47-52,66-68,72-73H,5-6,13,17,20,23H2,1-4H3,(H2,61,71)(H,62,75)(H,63,77)(H,64,74)(H,65,76)(H,78,79). The second-order valence-corrected chi connectivity index (χ2v) is 21.5. The summed E-state index contributed by atoms with van der Waals surface area (Å²) >= 11 is 13.8. The predicted molar refractivity (Wildman–Crippen MR) is 293 cm³/mol. The minimum atomic E-state index is -2.14. The first-order chi connectivity index (χ1) is 38.9. The van der Waals surface area contributed by atoms with E-state index in [4.69, 9.17) is 43.1 Å². The van der Waals surface area contributed by atoms with E-state index in [1.54, 1.807) is 13.8 Å². The summed E-state index contributed by atoms with van der Waals surface area (Å²) in [5.41, 5.74) is 4.09. The molecule has 12 N–H and O–H groups in total. The first-order valence-corrected chi connectivity index (χ1v) is 26.9. The van der Waals surface area contributed by atoms with Crippen molar-refractivity contribution in [1.29, 1.82) is 0 Å². The zero-order valence-corrected chi connectivity index (χ0v) is 46.0. The number of rotatable bonds is 10. The summed E-state index contributed by atoms with van der Waals surface area (Å²) in [5.74, 6) is -15.9. The smallest absolute Gasteiger partial charge is 0.330 e. The molecule has 82 heavy (non-hydrogen) atoms. The average Bonchev–Trinajstić information content (AvgIpc) is 2.95. The molecule has 0 aromatic heterocycles. The van der Waals surface area contributed by atoms with E-state index in [0.29, 0.717) is 12.8 Å². The molecule has 9 unspecified atom stereocenters. The number of phenols is 3. The van der Waals surface area contributed by atoms with Crippen LogP contribution in [0.4, 0.5) is 0 Å². The van der Waals surface area contributed by atoms with Crippen molar-refractivity contribution in [2.45, 2.75) is 102 Å². The van der Waals surface area contributed by atoms with Gasteiger partial charge in [-0.05, 0) is 103 Å². The number of nitrogens with one attached hydrogen (secondary N) is 4. The maximum atomic E-state index is 15.7. The van der Waals surface area contributed by atoms with Crippen LogP contribution in [0.3, 0.4) is 0 Å². The van der Waals surface area contributed by atoms with E-state index < -0.39 is 149 Å². The van der Waals surface area contributed by atoms with Crippen LogP contribution in [0.2, 0.25) is 10.0 Å². The molecule has 11 bridgehead atoms. The first-order valence-electron chi connectivity index (χ1n) is 26.2. The fourth-order valence-corrected chi connectivity index (χ4v) is 10.8. The highest BCUT2D eigenvalue weighted by Crippen LogP contribution is 2.49. The molecule has 5 aliphatic rings. The number of amides is 5. The highest BCUT2D eigenvalue weighted by molar-refractivity contribution is 6.32. The van der Waals surface area contributed by atoms with Gasteiger partial charge in [-0.3, -0.25) is 33.6 Å². The third kappa shape index (κ3) is 12.7. The molecule has 0 spiro atoms. The summed E-state index contributed by atoms with van der Waals surface area (Å²) in [6, 6.07) is 7.54. The topological polar surface area (TPSA) is 360 Å². The molecule has 0 radical (unpaired) electrons. The lowest BCUT2D eigenvalue weighted by Crippen LogP contribution is -2.53. The molecule has 9 atom stereocenters. The van der Waals surface area contributed by atoms with E-state index >= 15 is 14.4 Å². The van der Waals surface area contributed by atoms with Crippen LogP contribution in [0.25, 0.3) is 11.1 Å².